The van der Waals surface area contributed by atoms with Crippen molar-refractivity contribution in [1.82, 2.24) is 10.2 Å². The van der Waals surface area contributed by atoms with Crippen LogP contribution in [-0.4, -0.2) is 36.1 Å². The minimum absolute atomic E-state index is 0.838. The molecule has 0 aromatic rings. The summed E-state index contributed by atoms with van der Waals surface area (Å²) in [5.41, 5.74) is 0. The number of hydrogen-bond acceptors (Lipinski definition) is 2. The number of hydrogen-bond donors (Lipinski definition) is 1. The van der Waals surface area contributed by atoms with Gasteiger partial charge in [-0.05, 0) is 45.6 Å². The van der Waals surface area contributed by atoms with Crippen molar-refractivity contribution in [3.05, 3.63) is 0 Å². The Kier molecular flexibility index (Phi) is 4.25. The number of nitrogens with one attached hydrogen (secondary N) is 1. The molecule has 3 rings (SSSR count). The van der Waals surface area contributed by atoms with Crippen LogP contribution in [0.2, 0.25) is 0 Å². The maximum absolute atomic E-state index is 3.77. The second-order valence-corrected chi connectivity index (χ2v) is 6.93. The van der Waals surface area contributed by atoms with Crippen LogP contribution in [0.1, 0.15) is 70.6 Å². The highest BCUT2D eigenvalue weighted by Crippen LogP contribution is 2.32. The van der Waals surface area contributed by atoms with Crippen molar-refractivity contribution in [1.29, 1.82) is 0 Å². The zero-order valence-electron chi connectivity index (χ0n) is 12.0. The highest BCUT2D eigenvalue weighted by Gasteiger charge is 2.36. The van der Waals surface area contributed by atoms with Gasteiger partial charge in [-0.2, -0.15) is 0 Å². The Labute approximate surface area is 113 Å². The van der Waals surface area contributed by atoms with Crippen molar-refractivity contribution >= 4 is 0 Å². The Morgan fingerprint density at radius 1 is 0.722 bits per heavy atom. The topological polar surface area (TPSA) is 15.3 Å². The first-order chi connectivity index (χ1) is 8.83. The molecule has 18 heavy (non-hydrogen) atoms. The summed E-state index contributed by atoms with van der Waals surface area (Å²) in [6.07, 6.45) is 15.9. The Balaban J connectivity index is 1.56. The van der Waals surface area contributed by atoms with Gasteiger partial charge in [-0.15, -0.1) is 0 Å². The fraction of sp³-hybridized carbons (Fsp3) is 1.00. The standard InChI is InChI=1S/C16H30N2/c1-18(15-7-5-3-2-4-6-8-15)16-11-13-9-10-14(12-16)17-13/h13-17H,2-12H2,1H3. The van der Waals surface area contributed by atoms with E-state index in [1.165, 1.54) is 70.6 Å². The molecule has 0 spiro atoms. The van der Waals surface area contributed by atoms with Crippen molar-refractivity contribution in [2.24, 2.45) is 0 Å². The lowest BCUT2D eigenvalue weighted by molar-refractivity contribution is 0.107. The minimum Gasteiger partial charge on any atom is -0.311 e. The fourth-order valence-electron chi connectivity index (χ4n) is 4.50. The molecule has 2 unspecified atom stereocenters. The summed E-state index contributed by atoms with van der Waals surface area (Å²) in [7, 11) is 2.42. The number of nitrogens with zero attached hydrogens (tertiary/aromatic N) is 1. The molecule has 0 amide bonds. The molecule has 2 saturated heterocycles. The predicted molar refractivity (Wildman–Crippen MR) is 76.8 cm³/mol. The molecule has 1 saturated carbocycles. The second-order valence-electron chi connectivity index (χ2n) is 6.93. The van der Waals surface area contributed by atoms with E-state index >= 15 is 0 Å². The molecule has 3 aliphatic rings. The quantitative estimate of drug-likeness (QED) is 0.809. The van der Waals surface area contributed by atoms with E-state index in [2.05, 4.69) is 17.3 Å². The summed E-state index contributed by atoms with van der Waals surface area (Å²) in [5, 5.41) is 3.77. The Hall–Kier alpha value is -0.0800. The molecular formula is C16H30N2. The van der Waals surface area contributed by atoms with E-state index in [-0.39, 0.29) is 0 Å². The van der Waals surface area contributed by atoms with E-state index in [0.29, 0.717) is 0 Å². The van der Waals surface area contributed by atoms with Gasteiger partial charge in [0.2, 0.25) is 0 Å². The van der Waals surface area contributed by atoms with E-state index in [9.17, 15) is 0 Å². The third-order valence-electron chi connectivity index (χ3n) is 5.67. The molecule has 3 fully saturated rings. The van der Waals surface area contributed by atoms with E-state index in [1.807, 2.05) is 0 Å². The summed E-state index contributed by atoms with van der Waals surface area (Å²) >= 11 is 0. The number of fused-ring (bicyclic) bond motifs is 2. The second kappa shape index (κ2) is 5.92. The summed E-state index contributed by atoms with van der Waals surface area (Å²) in [4.78, 5) is 2.78. The van der Waals surface area contributed by atoms with Crippen molar-refractivity contribution in [2.45, 2.75) is 94.8 Å². The van der Waals surface area contributed by atoms with Gasteiger partial charge in [-0.1, -0.05) is 32.1 Å². The van der Waals surface area contributed by atoms with Crippen LogP contribution >= 0.6 is 0 Å². The zero-order chi connectivity index (χ0) is 12.4. The van der Waals surface area contributed by atoms with Crippen LogP contribution < -0.4 is 5.32 Å². The average Bonchev–Trinajstić information content (AvgIpc) is 2.67. The van der Waals surface area contributed by atoms with Crippen LogP contribution in [0.25, 0.3) is 0 Å². The SMILES string of the molecule is CN(C1CCCCCCC1)C1CC2CCC(C1)N2. The van der Waals surface area contributed by atoms with E-state index < -0.39 is 0 Å². The van der Waals surface area contributed by atoms with Crippen LogP contribution in [0.3, 0.4) is 0 Å². The van der Waals surface area contributed by atoms with Gasteiger partial charge in [0.15, 0.2) is 0 Å². The molecule has 2 bridgehead atoms. The first-order valence-corrected chi connectivity index (χ1v) is 8.31. The monoisotopic (exact) mass is 250 g/mol. The molecule has 2 nitrogen and oxygen atoms in total. The molecule has 2 atom stereocenters. The van der Waals surface area contributed by atoms with E-state index in [0.717, 1.165) is 24.2 Å². The lowest BCUT2D eigenvalue weighted by Gasteiger charge is -2.40. The van der Waals surface area contributed by atoms with Gasteiger partial charge in [0.25, 0.3) is 0 Å². The van der Waals surface area contributed by atoms with Crippen molar-refractivity contribution < 1.29 is 0 Å². The third kappa shape index (κ3) is 2.91. The van der Waals surface area contributed by atoms with Gasteiger partial charge in [-0.25, -0.2) is 0 Å². The smallest absolute Gasteiger partial charge is 0.0125 e. The maximum atomic E-state index is 3.77. The van der Waals surface area contributed by atoms with Gasteiger partial charge >= 0.3 is 0 Å². The van der Waals surface area contributed by atoms with Gasteiger partial charge in [0.05, 0.1) is 0 Å². The molecule has 0 aromatic carbocycles. The fourth-order valence-corrected chi connectivity index (χ4v) is 4.50. The van der Waals surface area contributed by atoms with E-state index in [4.69, 9.17) is 0 Å². The lowest BCUT2D eigenvalue weighted by Crippen LogP contribution is -2.50. The molecule has 1 aliphatic carbocycles. The first-order valence-electron chi connectivity index (χ1n) is 8.31. The van der Waals surface area contributed by atoms with Crippen molar-refractivity contribution in [3.8, 4) is 0 Å². The molecule has 2 heteroatoms. The van der Waals surface area contributed by atoms with Crippen LogP contribution in [-0.2, 0) is 0 Å². The summed E-state index contributed by atoms with van der Waals surface area (Å²) in [5.74, 6) is 0. The van der Waals surface area contributed by atoms with Crippen molar-refractivity contribution in [3.63, 3.8) is 0 Å². The van der Waals surface area contributed by atoms with Gasteiger partial charge in [0.1, 0.15) is 0 Å². The van der Waals surface area contributed by atoms with Crippen molar-refractivity contribution in [2.75, 3.05) is 7.05 Å². The van der Waals surface area contributed by atoms with E-state index in [1.54, 1.807) is 0 Å². The molecule has 2 heterocycles. The Bertz CT molecular complexity index is 246. The van der Waals surface area contributed by atoms with Gasteiger partial charge in [0, 0.05) is 24.2 Å². The number of rotatable bonds is 2. The summed E-state index contributed by atoms with van der Waals surface area (Å²) < 4.78 is 0. The Morgan fingerprint density at radius 3 is 1.89 bits per heavy atom. The highest BCUT2D eigenvalue weighted by molar-refractivity contribution is 4.96. The zero-order valence-corrected chi connectivity index (χ0v) is 12.0. The van der Waals surface area contributed by atoms with Crippen LogP contribution in [0.4, 0.5) is 0 Å². The molecule has 0 radical (unpaired) electrons. The first kappa shape index (κ1) is 12.9. The number of piperidine rings is 1. The maximum Gasteiger partial charge on any atom is 0.0125 e. The highest BCUT2D eigenvalue weighted by atomic mass is 15.2. The van der Waals surface area contributed by atoms with Gasteiger partial charge < -0.3 is 10.2 Å². The third-order valence-corrected chi connectivity index (χ3v) is 5.67. The largest absolute Gasteiger partial charge is 0.311 e. The van der Waals surface area contributed by atoms with Crippen LogP contribution in [0, 0.1) is 0 Å². The van der Waals surface area contributed by atoms with Crippen LogP contribution in [0.5, 0.6) is 0 Å². The molecule has 104 valence electrons. The molecule has 2 aliphatic heterocycles. The minimum atomic E-state index is 0.838. The molecule has 1 N–H and O–H groups in total. The Morgan fingerprint density at radius 2 is 1.28 bits per heavy atom. The average molecular weight is 250 g/mol. The van der Waals surface area contributed by atoms with Gasteiger partial charge in [-0.3, -0.25) is 0 Å². The lowest BCUT2D eigenvalue weighted by atomic mass is 9.92. The van der Waals surface area contributed by atoms with Crippen LogP contribution in [0.15, 0.2) is 0 Å². The normalized spacial score (nSPS) is 38.7. The summed E-state index contributed by atoms with van der Waals surface area (Å²) in [6, 6.07) is 3.43. The molecule has 0 aromatic heterocycles. The predicted octanol–water partition coefficient (Wildman–Crippen LogP) is 3.31. The molecular weight excluding hydrogens is 220 g/mol. The summed E-state index contributed by atoms with van der Waals surface area (Å²) in [6.45, 7) is 0.